The molecule has 1 aromatic rings. The van der Waals surface area contributed by atoms with E-state index >= 15 is 0 Å². The highest BCUT2D eigenvalue weighted by molar-refractivity contribution is 7.83. The molecule has 0 aliphatic carbocycles. The molecule has 14 heavy (non-hydrogen) atoms. The van der Waals surface area contributed by atoms with Crippen molar-refractivity contribution in [3.63, 3.8) is 0 Å². The molecule has 0 aromatic heterocycles. The summed E-state index contributed by atoms with van der Waals surface area (Å²) < 4.78 is 13.8. The van der Waals surface area contributed by atoms with Crippen LogP contribution in [0.3, 0.4) is 0 Å². The van der Waals surface area contributed by atoms with Gasteiger partial charge in [-0.25, -0.2) is 8.93 Å². The maximum atomic E-state index is 11.4. The van der Waals surface area contributed by atoms with Gasteiger partial charge in [0, 0.05) is 0 Å². The lowest BCUT2D eigenvalue weighted by atomic mass is 10.2. The molecule has 0 fully saturated rings. The lowest BCUT2D eigenvalue weighted by Gasteiger charge is -2.01. The minimum atomic E-state index is -1.44. The average Bonchev–Trinajstić information content (AvgIpc) is 2.15. The van der Waals surface area contributed by atoms with E-state index in [4.69, 9.17) is 5.11 Å². The number of aryl methyl sites for hydroxylation is 1. The molecule has 1 unspecified atom stereocenters. The number of hydrogen-bond acceptors (Lipinski definition) is 2. The SMILES string of the molecule is Cc1ccc(S(=O)NCC(=O)O)cc1. The zero-order chi connectivity index (χ0) is 10.6. The zero-order valence-corrected chi connectivity index (χ0v) is 8.50. The number of nitrogens with one attached hydrogen (secondary N) is 1. The maximum Gasteiger partial charge on any atom is 0.318 e. The van der Waals surface area contributed by atoms with Gasteiger partial charge in [-0.05, 0) is 19.1 Å². The van der Waals surface area contributed by atoms with Gasteiger partial charge < -0.3 is 5.11 Å². The molecule has 5 heteroatoms. The maximum absolute atomic E-state index is 11.4. The van der Waals surface area contributed by atoms with Crippen LogP contribution in [0.2, 0.25) is 0 Å². The molecule has 1 atom stereocenters. The van der Waals surface area contributed by atoms with Crippen molar-refractivity contribution in [1.82, 2.24) is 4.72 Å². The molecule has 2 N–H and O–H groups in total. The van der Waals surface area contributed by atoms with Gasteiger partial charge in [0.15, 0.2) is 0 Å². The number of benzene rings is 1. The second-order valence-corrected chi connectivity index (χ2v) is 4.09. The summed E-state index contributed by atoms with van der Waals surface area (Å²) in [5.41, 5.74) is 1.07. The third-order valence-electron chi connectivity index (χ3n) is 1.59. The summed E-state index contributed by atoms with van der Waals surface area (Å²) in [5.74, 6) is -1.02. The molecule has 0 aliphatic heterocycles. The van der Waals surface area contributed by atoms with Crippen molar-refractivity contribution in [3.05, 3.63) is 29.8 Å². The summed E-state index contributed by atoms with van der Waals surface area (Å²) in [6, 6.07) is 7.08. The number of carbonyl (C=O) groups is 1. The second kappa shape index (κ2) is 4.88. The Hall–Kier alpha value is -1.20. The molecule has 76 valence electrons. The van der Waals surface area contributed by atoms with E-state index in [1.54, 1.807) is 12.1 Å². The summed E-state index contributed by atoms with van der Waals surface area (Å²) in [7, 11) is -1.44. The Balaban J connectivity index is 2.61. The molecule has 1 aromatic carbocycles. The normalized spacial score (nSPS) is 12.4. The number of rotatable bonds is 4. The van der Waals surface area contributed by atoms with Gasteiger partial charge in [0.1, 0.15) is 17.5 Å². The minimum Gasteiger partial charge on any atom is -0.480 e. The monoisotopic (exact) mass is 213 g/mol. The first-order valence-electron chi connectivity index (χ1n) is 4.03. The summed E-state index contributed by atoms with van der Waals surface area (Å²) in [4.78, 5) is 10.8. The van der Waals surface area contributed by atoms with Crippen molar-refractivity contribution >= 4 is 17.0 Å². The first-order chi connectivity index (χ1) is 6.59. The molecule has 0 aliphatic rings. The van der Waals surface area contributed by atoms with E-state index in [-0.39, 0.29) is 6.54 Å². The lowest BCUT2D eigenvalue weighted by molar-refractivity contribution is -0.135. The third kappa shape index (κ3) is 3.27. The Morgan fingerprint density at radius 3 is 2.50 bits per heavy atom. The molecule has 0 amide bonds. The van der Waals surface area contributed by atoms with Crippen LogP contribution < -0.4 is 4.72 Å². The summed E-state index contributed by atoms with van der Waals surface area (Å²) in [6.45, 7) is 1.62. The smallest absolute Gasteiger partial charge is 0.318 e. The number of hydrogen-bond donors (Lipinski definition) is 2. The Labute approximate surface area is 84.5 Å². The number of carboxylic acid groups (broad SMARTS) is 1. The van der Waals surface area contributed by atoms with Crippen LogP contribution in [-0.4, -0.2) is 21.8 Å². The Kier molecular flexibility index (Phi) is 3.79. The molecular weight excluding hydrogens is 202 g/mol. The highest BCUT2D eigenvalue weighted by Crippen LogP contribution is 2.05. The molecule has 0 radical (unpaired) electrons. The molecule has 4 nitrogen and oxygen atoms in total. The zero-order valence-electron chi connectivity index (χ0n) is 7.69. The van der Waals surface area contributed by atoms with E-state index in [1.807, 2.05) is 19.1 Å². The minimum absolute atomic E-state index is 0.305. The summed E-state index contributed by atoms with van der Waals surface area (Å²) >= 11 is 0. The second-order valence-electron chi connectivity index (χ2n) is 2.80. The fraction of sp³-hybridized carbons (Fsp3) is 0.222. The van der Waals surface area contributed by atoms with Gasteiger partial charge >= 0.3 is 5.97 Å². The molecule has 0 heterocycles. The predicted molar refractivity (Wildman–Crippen MR) is 53.2 cm³/mol. The Morgan fingerprint density at radius 2 is 2.00 bits per heavy atom. The molecular formula is C9H11NO3S. The molecule has 0 spiro atoms. The van der Waals surface area contributed by atoms with Crippen molar-refractivity contribution in [2.45, 2.75) is 11.8 Å². The topological polar surface area (TPSA) is 66.4 Å². The van der Waals surface area contributed by atoms with Crippen LogP contribution in [-0.2, 0) is 15.8 Å². The van der Waals surface area contributed by atoms with Gasteiger partial charge in [0.2, 0.25) is 0 Å². The van der Waals surface area contributed by atoms with Gasteiger partial charge in [0.05, 0.1) is 4.90 Å². The van der Waals surface area contributed by atoms with Gasteiger partial charge in [-0.2, -0.15) is 0 Å². The van der Waals surface area contributed by atoms with Crippen LogP contribution in [0.15, 0.2) is 29.2 Å². The van der Waals surface area contributed by atoms with E-state index in [1.165, 1.54) is 0 Å². The summed E-state index contributed by atoms with van der Waals surface area (Å²) in [5, 5.41) is 8.36. The number of aliphatic carboxylic acids is 1. The molecule has 0 bridgehead atoms. The fourth-order valence-electron chi connectivity index (χ4n) is 0.872. The number of carboxylic acids is 1. The van der Waals surface area contributed by atoms with Crippen LogP contribution in [0.25, 0.3) is 0 Å². The van der Waals surface area contributed by atoms with Gasteiger partial charge in [-0.3, -0.25) is 4.79 Å². The van der Waals surface area contributed by atoms with Gasteiger partial charge in [0.25, 0.3) is 0 Å². The fourth-order valence-corrected chi connectivity index (χ4v) is 1.68. The Morgan fingerprint density at radius 1 is 1.43 bits per heavy atom. The van der Waals surface area contributed by atoms with Crippen LogP contribution in [0.4, 0.5) is 0 Å². The highest BCUT2D eigenvalue weighted by atomic mass is 32.2. The van der Waals surface area contributed by atoms with E-state index in [0.29, 0.717) is 4.90 Å². The van der Waals surface area contributed by atoms with Gasteiger partial charge in [-0.15, -0.1) is 0 Å². The molecule has 0 saturated heterocycles. The highest BCUT2D eigenvalue weighted by Gasteiger charge is 2.04. The van der Waals surface area contributed by atoms with Crippen molar-refractivity contribution < 1.29 is 14.1 Å². The molecule has 0 saturated carbocycles. The van der Waals surface area contributed by atoms with Crippen molar-refractivity contribution in [2.24, 2.45) is 0 Å². The largest absolute Gasteiger partial charge is 0.480 e. The van der Waals surface area contributed by atoms with Crippen molar-refractivity contribution in [3.8, 4) is 0 Å². The van der Waals surface area contributed by atoms with Crippen LogP contribution >= 0.6 is 0 Å². The van der Waals surface area contributed by atoms with Crippen LogP contribution in [0.1, 0.15) is 5.56 Å². The van der Waals surface area contributed by atoms with E-state index in [9.17, 15) is 9.00 Å². The van der Waals surface area contributed by atoms with Crippen molar-refractivity contribution in [1.29, 1.82) is 0 Å². The quantitative estimate of drug-likeness (QED) is 0.773. The first-order valence-corrected chi connectivity index (χ1v) is 5.18. The van der Waals surface area contributed by atoms with Crippen molar-refractivity contribution in [2.75, 3.05) is 6.54 Å². The van der Waals surface area contributed by atoms with Gasteiger partial charge in [-0.1, -0.05) is 17.7 Å². The van der Waals surface area contributed by atoms with Crippen LogP contribution in [0, 0.1) is 6.92 Å². The lowest BCUT2D eigenvalue weighted by Crippen LogP contribution is -2.24. The van der Waals surface area contributed by atoms with E-state index in [2.05, 4.69) is 4.72 Å². The summed E-state index contributed by atoms with van der Waals surface area (Å²) in [6.07, 6.45) is 0. The standard InChI is InChI=1S/C9H11NO3S/c1-7-2-4-8(5-3-7)14(13)10-6-9(11)12/h2-5,10H,6H2,1H3,(H,11,12). The first kappa shape index (κ1) is 10.9. The van der Waals surface area contributed by atoms with E-state index in [0.717, 1.165) is 5.56 Å². The predicted octanol–water partition coefficient (Wildman–Crippen LogP) is 0.692. The van der Waals surface area contributed by atoms with Crippen LogP contribution in [0.5, 0.6) is 0 Å². The average molecular weight is 213 g/mol. The Bertz CT molecular complexity index is 348. The molecule has 1 rings (SSSR count). The third-order valence-corrected chi connectivity index (χ3v) is 2.70. The van der Waals surface area contributed by atoms with E-state index < -0.39 is 17.0 Å².